The molecule has 0 N–H and O–H groups in total. The van der Waals surface area contributed by atoms with E-state index in [-0.39, 0.29) is 17.6 Å². The SMILES string of the molecule is C[C@]1(COc2ccccc2)C[C@@H]2CN(C(=O)c3cncs3)CC[C@@H]2O1. The minimum atomic E-state index is -0.297. The number of piperidine rings is 1. The summed E-state index contributed by atoms with van der Waals surface area (Å²) in [5.74, 6) is 1.33. The van der Waals surface area contributed by atoms with Crippen LogP contribution in [0.15, 0.2) is 42.0 Å². The summed E-state index contributed by atoms with van der Waals surface area (Å²) in [5, 5.41) is 0. The number of para-hydroxylation sites is 1. The number of hydrogen-bond donors (Lipinski definition) is 0. The highest BCUT2D eigenvalue weighted by atomic mass is 32.1. The average Bonchev–Trinajstić information content (AvgIpc) is 3.27. The van der Waals surface area contributed by atoms with Crippen molar-refractivity contribution in [1.82, 2.24) is 9.88 Å². The number of carbonyl (C=O) groups excluding carboxylic acids is 1. The van der Waals surface area contributed by atoms with Crippen LogP contribution in [0.5, 0.6) is 5.75 Å². The van der Waals surface area contributed by atoms with Gasteiger partial charge in [0.15, 0.2) is 0 Å². The number of rotatable bonds is 4. The summed E-state index contributed by atoms with van der Waals surface area (Å²) >= 11 is 1.40. The Bertz CT molecular complexity index is 722. The van der Waals surface area contributed by atoms with Crippen LogP contribution in [0.25, 0.3) is 0 Å². The molecule has 2 aromatic rings. The van der Waals surface area contributed by atoms with E-state index in [4.69, 9.17) is 9.47 Å². The molecule has 132 valence electrons. The van der Waals surface area contributed by atoms with Crippen LogP contribution in [0.3, 0.4) is 0 Å². The van der Waals surface area contributed by atoms with E-state index in [0.717, 1.165) is 31.7 Å². The van der Waals surface area contributed by atoms with Crippen LogP contribution >= 0.6 is 11.3 Å². The normalized spacial score (nSPS) is 28.6. The Kier molecular flexibility index (Phi) is 4.48. The zero-order valence-electron chi connectivity index (χ0n) is 14.3. The van der Waals surface area contributed by atoms with E-state index in [0.29, 0.717) is 17.4 Å². The van der Waals surface area contributed by atoms with Crippen molar-refractivity contribution in [2.75, 3.05) is 19.7 Å². The van der Waals surface area contributed by atoms with Gasteiger partial charge in [0.25, 0.3) is 5.91 Å². The number of carbonyl (C=O) groups is 1. The van der Waals surface area contributed by atoms with Gasteiger partial charge in [-0.1, -0.05) is 18.2 Å². The maximum Gasteiger partial charge on any atom is 0.265 e. The van der Waals surface area contributed by atoms with Crippen LogP contribution in [0.4, 0.5) is 0 Å². The molecule has 6 heteroatoms. The maximum atomic E-state index is 12.6. The number of thiazole rings is 1. The van der Waals surface area contributed by atoms with Gasteiger partial charge >= 0.3 is 0 Å². The van der Waals surface area contributed by atoms with Gasteiger partial charge < -0.3 is 14.4 Å². The topological polar surface area (TPSA) is 51.7 Å². The van der Waals surface area contributed by atoms with Gasteiger partial charge in [0.2, 0.25) is 0 Å². The fourth-order valence-electron chi connectivity index (χ4n) is 3.84. The quantitative estimate of drug-likeness (QED) is 0.842. The number of benzene rings is 1. The molecule has 25 heavy (non-hydrogen) atoms. The van der Waals surface area contributed by atoms with E-state index >= 15 is 0 Å². The Labute approximate surface area is 151 Å². The molecule has 2 fully saturated rings. The first-order valence-corrected chi connectivity index (χ1v) is 9.54. The summed E-state index contributed by atoms with van der Waals surface area (Å²) in [6.07, 6.45) is 3.67. The zero-order valence-corrected chi connectivity index (χ0v) is 15.1. The molecule has 3 heterocycles. The van der Waals surface area contributed by atoms with Crippen molar-refractivity contribution in [3.05, 3.63) is 46.9 Å². The smallest absolute Gasteiger partial charge is 0.265 e. The molecule has 5 nitrogen and oxygen atoms in total. The first kappa shape index (κ1) is 16.5. The molecule has 0 spiro atoms. The van der Waals surface area contributed by atoms with E-state index in [9.17, 15) is 4.79 Å². The van der Waals surface area contributed by atoms with Crippen molar-refractivity contribution in [2.24, 2.45) is 5.92 Å². The van der Waals surface area contributed by atoms with Gasteiger partial charge in [0.1, 0.15) is 22.8 Å². The lowest BCUT2D eigenvalue weighted by molar-refractivity contribution is -0.0674. The number of likely N-dealkylation sites (tertiary alicyclic amines) is 1. The highest BCUT2D eigenvalue weighted by molar-refractivity contribution is 7.11. The fourth-order valence-corrected chi connectivity index (χ4v) is 4.42. The number of ether oxygens (including phenoxy) is 2. The van der Waals surface area contributed by atoms with Crippen molar-refractivity contribution in [3.8, 4) is 5.75 Å². The summed E-state index contributed by atoms with van der Waals surface area (Å²) in [6, 6.07) is 9.83. The molecule has 0 unspecified atom stereocenters. The molecule has 4 rings (SSSR count). The minimum absolute atomic E-state index is 0.0927. The average molecular weight is 358 g/mol. The van der Waals surface area contributed by atoms with Gasteiger partial charge in [0, 0.05) is 19.0 Å². The summed E-state index contributed by atoms with van der Waals surface area (Å²) in [4.78, 5) is 19.2. The molecule has 0 saturated carbocycles. The number of aromatic nitrogens is 1. The molecule has 3 atom stereocenters. The van der Waals surface area contributed by atoms with E-state index < -0.39 is 0 Å². The molecule has 2 aliphatic rings. The molecule has 0 bridgehead atoms. The third kappa shape index (κ3) is 3.55. The molecule has 1 amide bonds. The third-order valence-electron chi connectivity index (χ3n) is 5.01. The van der Waals surface area contributed by atoms with Gasteiger partial charge in [-0.3, -0.25) is 9.78 Å². The van der Waals surface area contributed by atoms with Crippen molar-refractivity contribution in [3.63, 3.8) is 0 Å². The number of hydrogen-bond acceptors (Lipinski definition) is 5. The monoisotopic (exact) mass is 358 g/mol. The predicted molar refractivity (Wildman–Crippen MR) is 96.0 cm³/mol. The van der Waals surface area contributed by atoms with Crippen LogP contribution in [0.1, 0.15) is 29.4 Å². The minimum Gasteiger partial charge on any atom is -0.491 e. The van der Waals surface area contributed by atoms with Crippen LogP contribution in [0.2, 0.25) is 0 Å². The van der Waals surface area contributed by atoms with E-state index in [2.05, 4.69) is 11.9 Å². The molecule has 0 aliphatic carbocycles. The van der Waals surface area contributed by atoms with Crippen molar-refractivity contribution in [2.45, 2.75) is 31.5 Å². The van der Waals surface area contributed by atoms with Crippen molar-refractivity contribution in [1.29, 1.82) is 0 Å². The van der Waals surface area contributed by atoms with E-state index in [1.165, 1.54) is 11.3 Å². The van der Waals surface area contributed by atoms with E-state index in [1.54, 1.807) is 11.7 Å². The lowest BCUT2D eigenvalue weighted by atomic mass is 9.89. The van der Waals surface area contributed by atoms with Gasteiger partial charge in [0.05, 0.1) is 17.8 Å². The first-order valence-electron chi connectivity index (χ1n) is 8.66. The second-order valence-electron chi connectivity index (χ2n) is 7.08. The lowest BCUT2D eigenvalue weighted by Gasteiger charge is -2.33. The zero-order chi connectivity index (χ0) is 17.3. The number of nitrogens with zero attached hydrogens (tertiary/aromatic N) is 2. The lowest BCUT2D eigenvalue weighted by Crippen LogP contribution is -2.44. The highest BCUT2D eigenvalue weighted by Gasteiger charge is 2.46. The summed E-state index contributed by atoms with van der Waals surface area (Å²) < 4.78 is 12.2. The largest absolute Gasteiger partial charge is 0.491 e. The summed E-state index contributed by atoms with van der Waals surface area (Å²) in [5.41, 5.74) is 1.41. The molecule has 2 saturated heterocycles. The van der Waals surface area contributed by atoms with Crippen molar-refractivity contribution < 1.29 is 14.3 Å². The predicted octanol–water partition coefficient (Wildman–Crippen LogP) is 3.23. The van der Waals surface area contributed by atoms with Gasteiger partial charge in [-0.05, 0) is 31.9 Å². The Morgan fingerprint density at radius 2 is 2.28 bits per heavy atom. The third-order valence-corrected chi connectivity index (χ3v) is 5.77. The van der Waals surface area contributed by atoms with Crippen LogP contribution in [-0.2, 0) is 4.74 Å². The second-order valence-corrected chi connectivity index (χ2v) is 7.96. The standard InChI is InChI=1S/C19H22N2O3S/c1-19(12-23-15-5-3-2-4-6-15)9-14-11-21(8-7-16(14)24-19)18(22)17-10-20-13-25-17/h2-6,10,13-14,16H,7-9,11-12H2,1H3/t14-,16+,19-/m1/s1. The fraction of sp³-hybridized carbons (Fsp3) is 0.474. The highest BCUT2D eigenvalue weighted by Crippen LogP contribution is 2.40. The van der Waals surface area contributed by atoms with E-state index in [1.807, 2.05) is 35.2 Å². The summed E-state index contributed by atoms with van der Waals surface area (Å²) in [7, 11) is 0. The van der Waals surface area contributed by atoms with Crippen LogP contribution < -0.4 is 4.74 Å². The molecule has 0 radical (unpaired) electrons. The molecule has 1 aromatic heterocycles. The van der Waals surface area contributed by atoms with Gasteiger partial charge in [-0.2, -0.15) is 0 Å². The van der Waals surface area contributed by atoms with Crippen molar-refractivity contribution >= 4 is 17.2 Å². The Balaban J connectivity index is 1.37. The summed E-state index contributed by atoms with van der Waals surface area (Å²) in [6.45, 7) is 4.15. The molecule has 1 aromatic carbocycles. The number of amides is 1. The van der Waals surface area contributed by atoms with Crippen LogP contribution in [0, 0.1) is 5.92 Å². The van der Waals surface area contributed by atoms with Crippen LogP contribution in [-0.4, -0.2) is 47.2 Å². The Morgan fingerprint density at radius 1 is 1.44 bits per heavy atom. The maximum absolute atomic E-state index is 12.6. The Hall–Kier alpha value is -1.92. The Morgan fingerprint density at radius 3 is 3.04 bits per heavy atom. The van der Waals surface area contributed by atoms with Gasteiger partial charge in [-0.25, -0.2) is 0 Å². The second kappa shape index (κ2) is 6.77. The van der Waals surface area contributed by atoms with Gasteiger partial charge in [-0.15, -0.1) is 11.3 Å². The number of fused-ring (bicyclic) bond motifs is 1. The molecular formula is C19H22N2O3S. The first-order chi connectivity index (χ1) is 12.1. The molecular weight excluding hydrogens is 336 g/mol. The molecule has 2 aliphatic heterocycles.